The lowest BCUT2D eigenvalue weighted by Crippen LogP contribution is -2.33. The summed E-state index contributed by atoms with van der Waals surface area (Å²) in [6, 6.07) is 7.62. The molecule has 4 heteroatoms. The molecule has 0 amide bonds. The van der Waals surface area contributed by atoms with Gasteiger partial charge in [-0.1, -0.05) is 12.1 Å². The van der Waals surface area contributed by atoms with Crippen molar-refractivity contribution in [3.63, 3.8) is 0 Å². The van der Waals surface area contributed by atoms with Gasteiger partial charge in [-0.05, 0) is 32.9 Å². The van der Waals surface area contributed by atoms with Gasteiger partial charge in [0.05, 0.1) is 12.6 Å². The normalized spacial score (nSPS) is 12.4. The fourth-order valence-corrected chi connectivity index (χ4v) is 1.29. The molecule has 0 unspecified atom stereocenters. The number of aliphatic imine (C=N–C) groups is 1. The van der Waals surface area contributed by atoms with Crippen LogP contribution in [0.1, 0.15) is 26.3 Å². The van der Waals surface area contributed by atoms with Crippen LogP contribution >= 0.6 is 0 Å². The molecule has 0 bridgehead atoms. The molecule has 1 rings (SSSR count). The lowest BCUT2D eigenvalue weighted by Gasteiger charge is -2.16. The molecule has 16 heavy (non-hydrogen) atoms. The summed E-state index contributed by atoms with van der Waals surface area (Å²) in [4.78, 5) is 4.50. The van der Waals surface area contributed by atoms with Crippen LogP contribution in [0.5, 0.6) is 5.75 Å². The van der Waals surface area contributed by atoms with Crippen LogP contribution in [0.3, 0.4) is 0 Å². The molecular formula is C12H19N3O. The van der Waals surface area contributed by atoms with Crippen LogP contribution in [0.2, 0.25) is 0 Å². The number of nitrogens with two attached hydrogens (primary N) is 1. The van der Waals surface area contributed by atoms with Crippen molar-refractivity contribution in [1.29, 1.82) is 0 Å². The van der Waals surface area contributed by atoms with Crippen molar-refractivity contribution in [1.82, 2.24) is 5.43 Å². The number of benzene rings is 1. The van der Waals surface area contributed by atoms with Crippen LogP contribution < -0.4 is 16.0 Å². The van der Waals surface area contributed by atoms with Crippen molar-refractivity contribution in [2.75, 3.05) is 7.11 Å². The molecule has 88 valence electrons. The first-order valence-corrected chi connectivity index (χ1v) is 5.17. The summed E-state index contributed by atoms with van der Waals surface area (Å²) in [6.45, 7) is 6.06. The molecule has 0 saturated heterocycles. The Labute approximate surface area is 96.5 Å². The molecule has 0 aromatic heterocycles. The first-order chi connectivity index (χ1) is 7.46. The first-order valence-electron chi connectivity index (χ1n) is 5.17. The van der Waals surface area contributed by atoms with Crippen LogP contribution in [-0.2, 0) is 0 Å². The minimum Gasteiger partial charge on any atom is -0.497 e. The van der Waals surface area contributed by atoms with Crippen LogP contribution in [0.15, 0.2) is 29.3 Å². The summed E-state index contributed by atoms with van der Waals surface area (Å²) in [5, 5.41) is 0. The number of hydrogen-bond donors (Lipinski definition) is 2. The van der Waals surface area contributed by atoms with E-state index >= 15 is 0 Å². The number of nitrogens with zero attached hydrogens (tertiary/aromatic N) is 1. The van der Waals surface area contributed by atoms with Crippen molar-refractivity contribution in [3.8, 4) is 5.75 Å². The zero-order chi connectivity index (χ0) is 12.2. The second kappa shape index (κ2) is 4.99. The van der Waals surface area contributed by atoms with Gasteiger partial charge in [0.25, 0.3) is 0 Å². The maximum atomic E-state index is 5.48. The van der Waals surface area contributed by atoms with Crippen molar-refractivity contribution >= 4 is 5.84 Å². The highest BCUT2D eigenvalue weighted by Crippen LogP contribution is 2.15. The summed E-state index contributed by atoms with van der Waals surface area (Å²) in [5.41, 5.74) is 3.36. The van der Waals surface area contributed by atoms with Gasteiger partial charge < -0.3 is 10.2 Å². The summed E-state index contributed by atoms with van der Waals surface area (Å²) < 4.78 is 5.16. The van der Waals surface area contributed by atoms with E-state index in [1.54, 1.807) is 7.11 Å². The van der Waals surface area contributed by atoms with E-state index in [9.17, 15) is 0 Å². The van der Waals surface area contributed by atoms with Gasteiger partial charge in [-0.2, -0.15) is 0 Å². The van der Waals surface area contributed by atoms with Crippen molar-refractivity contribution in [3.05, 3.63) is 29.8 Å². The van der Waals surface area contributed by atoms with Gasteiger partial charge >= 0.3 is 0 Å². The molecule has 0 atom stereocenters. The molecule has 0 fully saturated rings. The zero-order valence-electron chi connectivity index (χ0n) is 10.2. The minimum atomic E-state index is -0.176. The van der Waals surface area contributed by atoms with E-state index in [-0.39, 0.29) is 5.54 Å². The van der Waals surface area contributed by atoms with E-state index in [1.165, 1.54) is 0 Å². The second-order valence-corrected chi connectivity index (χ2v) is 4.51. The molecule has 1 aromatic carbocycles. The van der Waals surface area contributed by atoms with E-state index in [0.29, 0.717) is 5.84 Å². The Hall–Kier alpha value is -1.55. The van der Waals surface area contributed by atoms with E-state index in [1.807, 2.05) is 45.0 Å². The standard InChI is InChI=1S/C12H19N3O/c1-12(2,3)14-11(15-13)9-6-5-7-10(8-9)16-4/h5-8H,13H2,1-4H3,(H,14,15). The number of rotatable bonds is 2. The quantitative estimate of drug-likeness (QED) is 0.346. The number of amidine groups is 1. The number of hydrogen-bond acceptors (Lipinski definition) is 3. The number of hydrazine groups is 1. The summed E-state index contributed by atoms with van der Waals surface area (Å²) in [7, 11) is 1.63. The van der Waals surface area contributed by atoms with Gasteiger partial charge in [0.1, 0.15) is 11.6 Å². The van der Waals surface area contributed by atoms with E-state index < -0.39 is 0 Å². The summed E-state index contributed by atoms with van der Waals surface area (Å²) >= 11 is 0. The van der Waals surface area contributed by atoms with Gasteiger partial charge in [-0.15, -0.1) is 0 Å². The molecule has 1 aromatic rings. The molecule has 0 aliphatic carbocycles. The Morgan fingerprint density at radius 1 is 1.38 bits per heavy atom. The van der Waals surface area contributed by atoms with Gasteiger partial charge in [0, 0.05) is 5.56 Å². The van der Waals surface area contributed by atoms with E-state index in [2.05, 4.69) is 10.4 Å². The van der Waals surface area contributed by atoms with Gasteiger partial charge in [0.15, 0.2) is 0 Å². The maximum Gasteiger partial charge on any atom is 0.143 e. The van der Waals surface area contributed by atoms with Crippen LogP contribution in [0.25, 0.3) is 0 Å². The van der Waals surface area contributed by atoms with Crippen molar-refractivity contribution < 1.29 is 4.74 Å². The Morgan fingerprint density at radius 3 is 2.56 bits per heavy atom. The highest BCUT2D eigenvalue weighted by atomic mass is 16.5. The Morgan fingerprint density at radius 2 is 2.06 bits per heavy atom. The minimum absolute atomic E-state index is 0.176. The van der Waals surface area contributed by atoms with Gasteiger partial charge in [0.2, 0.25) is 0 Å². The Balaban J connectivity index is 3.09. The highest BCUT2D eigenvalue weighted by molar-refractivity contribution is 5.98. The lowest BCUT2D eigenvalue weighted by atomic mass is 10.1. The number of nitrogens with one attached hydrogen (secondary N) is 1. The third kappa shape index (κ3) is 3.55. The number of ether oxygens (including phenoxy) is 1. The fraction of sp³-hybridized carbons (Fsp3) is 0.417. The molecule has 3 N–H and O–H groups in total. The molecule has 0 heterocycles. The van der Waals surface area contributed by atoms with Crippen LogP contribution in [0, 0.1) is 0 Å². The smallest absolute Gasteiger partial charge is 0.143 e. The van der Waals surface area contributed by atoms with Crippen molar-refractivity contribution in [2.45, 2.75) is 26.3 Å². The first kappa shape index (κ1) is 12.5. The largest absolute Gasteiger partial charge is 0.497 e. The molecular weight excluding hydrogens is 202 g/mol. The fourth-order valence-electron chi connectivity index (χ4n) is 1.29. The molecule has 0 aliphatic heterocycles. The third-order valence-electron chi connectivity index (χ3n) is 1.93. The lowest BCUT2D eigenvalue weighted by molar-refractivity contribution is 0.414. The third-order valence-corrected chi connectivity index (χ3v) is 1.93. The molecule has 0 radical (unpaired) electrons. The van der Waals surface area contributed by atoms with E-state index in [4.69, 9.17) is 10.6 Å². The Kier molecular flexibility index (Phi) is 3.90. The summed E-state index contributed by atoms with van der Waals surface area (Å²) in [5.74, 6) is 6.93. The monoisotopic (exact) mass is 221 g/mol. The molecule has 4 nitrogen and oxygen atoms in total. The predicted octanol–water partition coefficient (Wildman–Crippen LogP) is 1.70. The predicted molar refractivity (Wildman–Crippen MR) is 66.6 cm³/mol. The molecule has 0 spiro atoms. The van der Waals surface area contributed by atoms with Crippen LogP contribution in [-0.4, -0.2) is 18.5 Å². The average molecular weight is 221 g/mol. The summed E-state index contributed by atoms with van der Waals surface area (Å²) in [6.07, 6.45) is 0. The molecule has 0 aliphatic rings. The van der Waals surface area contributed by atoms with Crippen molar-refractivity contribution in [2.24, 2.45) is 10.8 Å². The average Bonchev–Trinajstić information content (AvgIpc) is 2.25. The number of methoxy groups -OCH3 is 1. The van der Waals surface area contributed by atoms with Crippen LogP contribution in [0.4, 0.5) is 0 Å². The second-order valence-electron chi connectivity index (χ2n) is 4.51. The highest BCUT2D eigenvalue weighted by Gasteiger charge is 2.11. The Bertz CT molecular complexity index is 380. The molecule has 0 saturated carbocycles. The topological polar surface area (TPSA) is 59.6 Å². The van der Waals surface area contributed by atoms with Gasteiger partial charge in [-0.3, -0.25) is 4.99 Å². The zero-order valence-corrected chi connectivity index (χ0v) is 10.2. The SMILES string of the molecule is COc1cccc(C(=NC(C)(C)C)NN)c1. The van der Waals surface area contributed by atoms with E-state index in [0.717, 1.165) is 11.3 Å². The maximum absolute atomic E-state index is 5.48. The van der Waals surface area contributed by atoms with Gasteiger partial charge in [-0.25, -0.2) is 5.84 Å².